The Labute approximate surface area is 136 Å². The van der Waals surface area contributed by atoms with Gasteiger partial charge in [0.2, 0.25) is 0 Å². The number of rotatable bonds is 5. The third-order valence-electron chi connectivity index (χ3n) is 2.85. The molecular weight excluding hydrogens is 331 g/mol. The Balaban J connectivity index is 2.19. The van der Waals surface area contributed by atoms with Gasteiger partial charge in [0.25, 0.3) is 5.69 Å². The lowest BCUT2D eigenvalue weighted by Gasteiger charge is -2.09. The van der Waals surface area contributed by atoms with Gasteiger partial charge in [0.1, 0.15) is 0 Å². The molecule has 0 amide bonds. The number of anilines is 1. The predicted molar refractivity (Wildman–Crippen MR) is 88.7 cm³/mol. The van der Waals surface area contributed by atoms with Crippen molar-refractivity contribution in [1.82, 2.24) is 0 Å². The maximum atomic E-state index is 10.9. The predicted octanol–water partition coefficient (Wildman–Crippen LogP) is 5.24. The van der Waals surface area contributed by atoms with Crippen LogP contribution < -0.4 is 5.32 Å². The van der Waals surface area contributed by atoms with Gasteiger partial charge in [-0.05, 0) is 29.8 Å². The second-order valence-corrected chi connectivity index (χ2v) is 6.08. The highest BCUT2D eigenvalue weighted by Crippen LogP contribution is 2.32. The molecule has 4 nitrogen and oxygen atoms in total. The van der Waals surface area contributed by atoms with Crippen molar-refractivity contribution in [2.24, 2.45) is 0 Å². The summed E-state index contributed by atoms with van der Waals surface area (Å²) >= 11 is 13.4. The molecule has 0 spiro atoms. The summed E-state index contributed by atoms with van der Waals surface area (Å²) < 4.78 is 0. The standard InChI is InChI=1S/C14H12Cl2N2O2S/c1-17-14-5-2-10(18(19)20)6-9(14)8-21-11-3-4-12(15)13(16)7-11/h2-7,17H,8H2,1H3. The molecule has 0 bridgehead atoms. The van der Waals surface area contributed by atoms with E-state index in [9.17, 15) is 10.1 Å². The Morgan fingerprint density at radius 1 is 1.19 bits per heavy atom. The fourth-order valence-corrected chi connectivity index (χ4v) is 3.07. The molecule has 0 atom stereocenters. The molecule has 2 aromatic carbocycles. The van der Waals surface area contributed by atoms with Crippen molar-refractivity contribution < 1.29 is 4.92 Å². The molecule has 0 aliphatic rings. The molecule has 7 heteroatoms. The van der Waals surface area contributed by atoms with Crippen LogP contribution in [0.3, 0.4) is 0 Å². The van der Waals surface area contributed by atoms with Gasteiger partial charge in [-0.15, -0.1) is 11.8 Å². The lowest BCUT2D eigenvalue weighted by molar-refractivity contribution is -0.384. The molecule has 2 rings (SSSR count). The lowest BCUT2D eigenvalue weighted by Crippen LogP contribution is -1.96. The summed E-state index contributed by atoms with van der Waals surface area (Å²) in [5, 5.41) is 14.9. The first-order chi connectivity index (χ1) is 10.0. The average Bonchev–Trinajstić information content (AvgIpc) is 2.48. The molecule has 0 saturated carbocycles. The molecule has 1 N–H and O–H groups in total. The van der Waals surface area contributed by atoms with Crippen LogP contribution in [0.5, 0.6) is 0 Å². The molecule has 0 aromatic heterocycles. The van der Waals surface area contributed by atoms with Gasteiger partial charge in [0, 0.05) is 35.5 Å². The molecule has 2 aromatic rings. The summed E-state index contributed by atoms with van der Waals surface area (Å²) in [6.45, 7) is 0. The first-order valence-electron chi connectivity index (χ1n) is 6.04. The maximum Gasteiger partial charge on any atom is 0.269 e. The quantitative estimate of drug-likeness (QED) is 0.458. The number of thioether (sulfide) groups is 1. The molecule has 0 saturated heterocycles. The first-order valence-corrected chi connectivity index (χ1v) is 7.78. The van der Waals surface area contributed by atoms with Gasteiger partial charge in [0.05, 0.1) is 15.0 Å². The summed E-state index contributed by atoms with van der Waals surface area (Å²) in [5.41, 5.74) is 1.81. The van der Waals surface area contributed by atoms with Crippen molar-refractivity contribution in [2.45, 2.75) is 10.6 Å². The topological polar surface area (TPSA) is 55.2 Å². The second-order valence-electron chi connectivity index (χ2n) is 4.21. The van der Waals surface area contributed by atoms with E-state index in [4.69, 9.17) is 23.2 Å². The zero-order valence-corrected chi connectivity index (χ0v) is 13.4. The Kier molecular flexibility index (Phi) is 5.33. The molecule has 0 unspecified atom stereocenters. The van der Waals surface area contributed by atoms with Crippen molar-refractivity contribution in [3.05, 3.63) is 62.1 Å². The number of nitro groups is 1. The van der Waals surface area contributed by atoms with E-state index in [1.54, 1.807) is 43.1 Å². The Hall–Kier alpha value is -1.43. The van der Waals surface area contributed by atoms with Gasteiger partial charge < -0.3 is 5.32 Å². The van der Waals surface area contributed by atoms with Gasteiger partial charge in [-0.25, -0.2) is 0 Å². The van der Waals surface area contributed by atoms with Crippen LogP contribution in [0.2, 0.25) is 10.0 Å². The van der Waals surface area contributed by atoms with E-state index >= 15 is 0 Å². The van der Waals surface area contributed by atoms with Gasteiger partial charge in [0.15, 0.2) is 0 Å². The van der Waals surface area contributed by atoms with Crippen molar-refractivity contribution in [3.8, 4) is 0 Å². The Morgan fingerprint density at radius 3 is 2.57 bits per heavy atom. The first kappa shape index (κ1) is 15.9. The van der Waals surface area contributed by atoms with Crippen molar-refractivity contribution in [2.75, 3.05) is 12.4 Å². The summed E-state index contributed by atoms with van der Waals surface area (Å²) in [6, 6.07) is 10.2. The number of nitro benzene ring substituents is 1. The Bertz CT molecular complexity index is 680. The number of hydrogen-bond acceptors (Lipinski definition) is 4. The van der Waals surface area contributed by atoms with E-state index in [0.29, 0.717) is 15.8 Å². The monoisotopic (exact) mass is 342 g/mol. The zero-order chi connectivity index (χ0) is 15.4. The number of halogens is 2. The third-order valence-corrected chi connectivity index (χ3v) is 4.64. The van der Waals surface area contributed by atoms with E-state index in [-0.39, 0.29) is 5.69 Å². The van der Waals surface area contributed by atoms with Crippen molar-refractivity contribution >= 4 is 46.3 Å². The molecular formula is C14H12Cl2N2O2S. The van der Waals surface area contributed by atoms with Crippen LogP contribution in [0.15, 0.2) is 41.3 Å². The van der Waals surface area contributed by atoms with Gasteiger partial charge >= 0.3 is 0 Å². The Morgan fingerprint density at radius 2 is 1.95 bits per heavy atom. The smallest absolute Gasteiger partial charge is 0.269 e. The zero-order valence-electron chi connectivity index (χ0n) is 11.1. The lowest BCUT2D eigenvalue weighted by atomic mass is 10.2. The van der Waals surface area contributed by atoms with E-state index in [1.807, 2.05) is 6.07 Å². The summed E-state index contributed by atoms with van der Waals surface area (Å²) in [4.78, 5) is 11.4. The van der Waals surface area contributed by atoms with Gasteiger partial charge in [-0.3, -0.25) is 10.1 Å². The highest BCUT2D eigenvalue weighted by Gasteiger charge is 2.11. The van der Waals surface area contributed by atoms with Gasteiger partial charge in [-0.2, -0.15) is 0 Å². The molecule has 0 fully saturated rings. The minimum atomic E-state index is -0.396. The van der Waals surface area contributed by atoms with Crippen LogP contribution >= 0.6 is 35.0 Å². The van der Waals surface area contributed by atoms with Crippen LogP contribution in [-0.4, -0.2) is 12.0 Å². The van der Waals surface area contributed by atoms with E-state index in [2.05, 4.69) is 5.32 Å². The largest absolute Gasteiger partial charge is 0.388 e. The minimum Gasteiger partial charge on any atom is -0.388 e. The fraction of sp³-hybridized carbons (Fsp3) is 0.143. The molecule has 21 heavy (non-hydrogen) atoms. The minimum absolute atomic E-state index is 0.0822. The average molecular weight is 343 g/mol. The van der Waals surface area contributed by atoms with Crippen molar-refractivity contribution in [3.63, 3.8) is 0 Å². The van der Waals surface area contributed by atoms with Gasteiger partial charge in [-0.1, -0.05) is 23.2 Å². The SMILES string of the molecule is CNc1ccc([N+](=O)[O-])cc1CSc1ccc(Cl)c(Cl)c1. The highest BCUT2D eigenvalue weighted by atomic mass is 35.5. The number of benzene rings is 2. The van der Waals surface area contributed by atoms with Crippen LogP contribution in [0.4, 0.5) is 11.4 Å². The van der Waals surface area contributed by atoms with Crippen LogP contribution in [0.1, 0.15) is 5.56 Å². The molecule has 110 valence electrons. The fourth-order valence-electron chi connectivity index (χ4n) is 1.78. The second kappa shape index (κ2) is 7.02. The third kappa shape index (κ3) is 4.03. The number of nitrogens with one attached hydrogen (secondary N) is 1. The van der Waals surface area contributed by atoms with E-state index in [0.717, 1.165) is 16.1 Å². The molecule has 0 heterocycles. The number of hydrogen-bond donors (Lipinski definition) is 1. The molecule has 0 aliphatic carbocycles. The highest BCUT2D eigenvalue weighted by molar-refractivity contribution is 7.98. The molecule has 0 aliphatic heterocycles. The van der Waals surface area contributed by atoms with E-state index < -0.39 is 4.92 Å². The van der Waals surface area contributed by atoms with E-state index in [1.165, 1.54) is 6.07 Å². The van der Waals surface area contributed by atoms with Crippen LogP contribution in [0, 0.1) is 10.1 Å². The summed E-state index contributed by atoms with van der Waals surface area (Å²) in [7, 11) is 1.79. The molecule has 0 radical (unpaired) electrons. The summed E-state index contributed by atoms with van der Waals surface area (Å²) in [5.74, 6) is 0.593. The normalized spacial score (nSPS) is 10.4. The maximum absolute atomic E-state index is 10.9. The summed E-state index contributed by atoms with van der Waals surface area (Å²) in [6.07, 6.45) is 0. The number of nitrogens with zero attached hydrogens (tertiary/aromatic N) is 1. The van der Waals surface area contributed by atoms with Crippen LogP contribution in [0.25, 0.3) is 0 Å². The number of non-ortho nitro benzene ring substituents is 1. The van der Waals surface area contributed by atoms with Crippen LogP contribution in [-0.2, 0) is 5.75 Å². The van der Waals surface area contributed by atoms with Crippen molar-refractivity contribution in [1.29, 1.82) is 0 Å².